The van der Waals surface area contributed by atoms with Gasteiger partial charge in [-0.3, -0.25) is 9.59 Å². The van der Waals surface area contributed by atoms with Gasteiger partial charge in [-0.2, -0.15) is 0 Å². The average Bonchev–Trinajstić information content (AvgIpc) is 2.76. The number of rotatable bonds is 8. The molecule has 2 rings (SSSR count). The van der Waals surface area contributed by atoms with Gasteiger partial charge in [-0.1, -0.05) is 86.7 Å². The minimum atomic E-state index is -0.164. The van der Waals surface area contributed by atoms with Gasteiger partial charge in [0.2, 0.25) is 0 Å². The molecule has 0 aliphatic heterocycles. The number of carbonyl (C=O) groups excluding carboxylic acids is 2. The molecule has 0 aliphatic carbocycles. The van der Waals surface area contributed by atoms with E-state index in [0.717, 1.165) is 11.1 Å². The first kappa shape index (κ1) is 22.9. The van der Waals surface area contributed by atoms with E-state index in [1.807, 2.05) is 85.0 Å². The molecular formula is C24H28O4. The molecule has 0 atom stereocenters. The second kappa shape index (κ2) is 15.0. The van der Waals surface area contributed by atoms with Crippen molar-refractivity contribution in [3.8, 4) is 0 Å². The van der Waals surface area contributed by atoms with Gasteiger partial charge in [0.05, 0.1) is 0 Å². The smallest absolute Gasteiger partial charge is 0.305 e. The Morgan fingerprint density at radius 2 is 1.04 bits per heavy atom. The number of ether oxygens (including phenoxy) is 2. The molecule has 0 spiro atoms. The van der Waals surface area contributed by atoms with E-state index in [0.29, 0.717) is 26.1 Å². The Morgan fingerprint density at radius 3 is 1.36 bits per heavy atom. The maximum absolute atomic E-state index is 10.8. The van der Waals surface area contributed by atoms with Crippen molar-refractivity contribution >= 4 is 24.1 Å². The zero-order valence-electron chi connectivity index (χ0n) is 16.5. The van der Waals surface area contributed by atoms with Gasteiger partial charge < -0.3 is 9.47 Å². The van der Waals surface area contributed by atoms with Crippen LogP contribution in [-0.4, -0.2) is 25.2 Å². The summed E-state index contributed by atoms with van der Waals surface area (Å²) in [6.45, 7) is 4.26. The first-order chi connectivity index (χ1) is 13.7. The molecular weight excluding hydrogens is 352 g/mol. The van der Waals surface area contributed by atoms with Gasteiger partial charge in [-0.25, -0.2) is 0 Å². The van der Waals surface area contributed by atoms with Crippen molar-refractivity contribution in [2.24, 2.45) is 0 Å². The standard InChI is InChI=1S/2C12H14O2/c2*1-2-12(13)14-10-6-9-11-7-4-3-5-8-11/h2*3-9H,2,10H2,1H3. The van der Waals surface area contributed by atoms with Crippen LogP contribution in [0.25, 0.3) is 12.2 Å². The third kappa shape index (κ3) is 11.5. The molecule has 0 saturated carbocycles. The third-order valence-corrected chi connectivity index (χ3v) is 3.48. The Labute approximate surface area is 167 Å². The highest BCUT2D eigenvalue weighted by atomic mass is 16.5. The summed E-state index contributed by atoms with van der Waals surface area (Å²) in [6, 6.07) is 19.8. The Bertz CT molecular complexity index is 668. The lowest BCUT2D eigenvalue weighted by molar-refractivity contribution is -0.142. The van der Waals surface area contributed by atoms with Gasteiger partial charge in [0.1, 0.15) is 13.2 Å². The van der Waals surface area contributed by atoms with Crippen molar-refractivity contribution in [1.82, 2.24) is 0 Å². The van der Waals surface area contributed by atoms with Gasteiger partial charge in [-0.15, -0.1) is 0 Å². The van der Waals surface area contributed by atoms with E-state index in [-0.39, 0.29) is 11.9 Å². The zero-order chi connectivity index (χ0) is 20.5. The zero-order valence-corrected chi connectivity index (χ0v) is 16.5. The lowest BCUT2D eigenvalue weighted by Crippen LogP contribution is -2.01. The van der Waals surface area contributed by atoms with Crippen molar-refractivity contribution in [3.63, 3.8) is 0 Å². The SMILES string of the molecule is CCC(=O)OCC=Cc1ccccc1.CCC(=O)OCC=Cc1ccccc1. The average molecular weight is 380 g/mol. The Balaban J connectivity index is 0.000000280. The highest BCUT2D eigenvalue weighted by Crippen LogP contribution is 2.01. The predicted molar refractivity (Wildman–Crippen MR) is 113 cm³/mol. The van der Waals surface area contributed by atoms with E-state index >= 15 is 0 Å². The highest BCUT2D eigenvalue weighted by Gasteiger charge is 1.94. The van der Waals surface area contributed by atoms with E-state index in [1.54, 1.807) is 13.8 Å². The molecule has 4 nitrogen and oxygen atoms in total. The van der Waals surface area contributed by atoms with Crippen molar-refractivity contribution in [1.29, 1.82) is 0 Å². The Morgan fingerprint density at radius 1 is 0.679 bits per heavy atom. The lowest BCUT2D eigenvalue weighted by atomic mass is 10.2. The van der Waals surface area contributed by atoms with Crippen LogP contribution in [0, 0.1) is 0 Å². The van der Waals surface area contributed by atoms with Crippen molar-refractivity contribution in [2.75, 3.05) is 13.2 Å². The first-order valence-corrected chi connectivity index (χ1v) is 9.40. The second-order valence-corrected chi connectivity index (χ2v) is 5.70. The minimum absolute atomic E-state index is 0.164. The van der Waals surface area contributed by atoms with Crippen molar-refractivity contribution in [3.05, 3.63) is 83.9 Å². The van der Waals surface area contributed by atoms with Crippen LogP contribution in [0.15, 0.2) is 72.8 Å². The quantitative estimate of drug-likeness (QED) is 0.583. The van der Waals surface area contributed by atoms with Gasteiger partial charge in [-0.05, 0) is 23.3 Å². The Kier molecular flexibility index (Phi) is 12.2. The monoisotopic (exact) mass is 380 g/mol. The summed E-state index contributed by atoms with van der Waals surface area (Å²) in [5, 5.41) is 0. The topological polar surface area (TPSA) is 52.6 Å². The number of hydrogen-bond donors (Lipinski definition) is 0. The van der Waals surface area contributed by atoms with Crippen molar-refractivity contribution < 1.29 is 19.1 Å². The summed E-state index contributed by atoms with van der Waals surface area (Å²) in [7, 11) is 0. The van der Waals surface area contributed by atoms with Gasteiger partial charge in [0.25, 0.3) is 0 Å². The summed E-state index contributed by atoms with van der Waals surface area (Å²) >= 11 is 0. The highest BCUT2D eigenvalue weighted by molar-refractivity contribution is 5.69. The van der Waals surface area contributed by atoms with Crippen LogP contribution in [0.3, 0.4) is 0 Å². The summed E-state index contributed by atoms with van der Waals surface area (Å²) in [5.41, 5.74) is 2.22. The number of benzene rings is 2. The molecule has 4 heteroatoms. The van der Waals surface area contributed by atoms with E-state index in [2.05, 4.69) is 0 Å². The number of esters is 2. The van der Waals surface area contributed by atoms with Crippen molar-refractivity contribution in [2.45, 2.75) is 26.7 Å². The third-order valence-electron chi connectivity index (χ3n) is 3.48. The molecule has 0 saturated heterocycles. The maximum atomic E-state index is 10.8. The minimum Gasteiger partial charge on any atom is -0.461 e. The number of hydrogen-bond acceptors (Lipinski definition) is 4. The molecule has 0 N–H and O–H groups in total. The molecule has 148 valence electrons. The molecule has 0 aromatic heterocycles. The van der Waals surface area contributed by atoms with Gasteiger partial charge in [0, 0.05) is 12.8 Å². The van der Waals surface area contributed by atoms with Gasteiger partial charge in [0.15, 0.2) is 0 Å². The summed E-state index contributed by atoms with van der Waals surface area (Å²) in [6.07, 6.45) is 8.40. The summed E-state index contributed by atoms with van der Waals surface area (Å²) in [5.74, 6) is -0.328. The molecule has 0 radical (unpaired) electrons. The van der Waals surface area contributed by atoms with Crippen LogP contribution < -0.4 is 0 Å². The van der Waals surface area contributed by atoms with Crippen LogP contribution in [0.5, 0.6) is 0 Å². The van der Waals surface area contributed by atoms with E-state index in [9.17, 15) is 9.59 Å². The molecule has 0 heterocycles. The second-order valence-electron chi connectivity index (χ2n) is 5.70. The van der Waals surface area contributed by atoms with Crippen LogP contribution in [0.2, 0.25) is 0 Å². The molecule has 2 aromatic carbocycles. The summed E-state index contributed by atoms with van der Waals surface area (Å²) < 4.78 is 9.77. The van der Waals surface area contributed by atoms with E-state index in [1.165, 1.54) is 0 Å². The molecule has 2 aromatic rings. The fourth-order valence-corrected chi connectivity index (χ4v) is 1.98. The molecule has 0 unspecified atom stereocenters. The first-order valence-electron chi connectivity index (χ1n) is 9.40. The molecule has 0 fully saturated rings. The lowest BCUT2D eigenvalue weighted by Gasteiger charge is -1.97. The van der Waals surface area contributed by atoms with Crippen LogP contribution in [0.1, 0.15) is 37.8 Å². The fourth-order valence-electron chi connectivity index (χ4n) is 1.98. The van der Waals surface area contributed by atoms with Gasteiger partial charge >= 0.3 is 11.9 Å². The van der Waals surface area contributed by atoms with E-state index < -0.39 is 0 Å². The fraction of sp³-hybridized carbons (Fsp3) is 0.250. The molecule has 0 aliphatic rings. The van der Waals surface area contributed by atoms with Crippen LogP contribution >= 0.6 is 0 Å². The van der Waals surface area contributed by atoms with Crippen LogP contribution in [0.4, 0.5) is 0 Å². The number of carbonyl (C=O) groups is 2. The predicted octanol–water partition coefficient (Wildman–Crippen LogP) is 5.31. The Hall–Kier alpha value is -3.14. The molecule has 28 heavy (non-hydrogen) atoms. The van der Waals surface area contributed by atoms with E-state index in [4.69, 9.17) is 9.47 Å². The largest absolute Gasteiger partial charge is 0.461 e. The molecule has 0 amide bonds. The normalized spacial score (nSPS) is 10.4. The summed E-state index contributed by atoms with van der Waals surface area (Å²) in [4.78, 5) is 21.5. The van der Waals surface area contributed by atoms with Crippen LogP contribution in [-0.2, 0) is 19.1 Å². The maximum Gasteiger partial charge on any atom is 0.305 e. The molecule has 0 bridgehead atoms.